The van der Waals surface area contributed by atoms with Gasteiger partial charge in [-0.3, -0.25) is 0 Å². The average Bonchev–Trinajstić information content (AvgIpc) is 2.43. The van der Waals surface area contributed by atoms with E-state index in [4.69, 9.17) is 17.3 Å². The number of pyridine rings is 1. The van der Waals surface area contributed by atoms with Crippen LogP contribution in [-0.2, 0) is 10.0 Å². The lowest BCUT2D eigenvalue weighted by atomic mass is 10.3. The molecule has 0 unspecified atom stereocenters. The number of hydrogen-bond donors (Lipinski definition) is 2. The molecule has 0 fully saturated rings. The predicted octanol–water partition coefficient (Wildman–Crippen LogP) is 2.38. The van der Waals surface area contributed by atoms with Crippen LogP contribution in [0.4, 0.5) is 5.69 Å². The SMILES string of the molecule is CNS(=O)(=O)c1ccc(Sc2ncccc2Cl)c(N)c1. The Hall–Kier alpha value is -1.28. The molecule has 0 aliphatic heterocycles. The number of nitrogens with zero attached hydrogens (tertiary/aromatic N) is 1. The normalized spacial score (nSPS) is 11.5. The maximum absolute atomic E-state index is 11.7. The minimum atomic E-state index is -3.50. The van der Waals surface area contributed by atoms with E-state index in [9.17, 15) is 8.42 Å². The largest absolute Gasteiger partial charge is 0.398 e. The first-order chi connectivity index (χ1) is 9.44. The van der Waals surface area contributed by atoms with E-state index in [0.29, 0.717) is 20.6 Å². The van der Waals surface area contributed by atoms with Crippen LogP contribution in [0.3, 0.4) is 0 Å². The van der Waals surface area contributed by atoms with Crippen LogP contribution >= 0.6 is 23.4 Å². The van der Waals surface area contributed by atoms with Crippen molar-refractivity contribution < 1.29 is 8.42 Å². The molecule has 2 aromatic rings. The van der Waals surface area contributed by atoms with Gasteiger partial charge in [0.2, 0.25) is 10.0 Å². The molecule has 2 rings (SSSR count). The van der Waals surface area contributed by atoms with Gasteiger partial charge in [0.1, 0.15) is 5.03 Å². The quantitative estimate of drug-likeness (QED) is 0.841. The first kappa shape index (κ1) is 15.1. The lowest BCUT2D eigenvalue weighted by Gasteiger charge is -2.08. The summed E-state index contributed by atoms with van der Waals surface area (Å²) < 4.78 is 25.6. The first-order valence-corrected chi connectivity index (χ1v) is 8.23. The van der Waals surface area contributed by atoms with Crippen LogP contribution in [0, 0.1) is 0 Å². The summed E-state index contributed by atoms with van der Waals surface area (Å²) in [6, 6.07) is 7.99. The molecule has 0 saturated heterocycles. The summed E-state index contributed by atoms with van der Waals surface area (Å²) in [5.41, 5.74) is 6.24. The van der Waals surface area contributed by atoms with Crippen molar-refractivity contribution in [2.45, 2.75) is 14.8 Å². The Kier molecular flexibility index (Phi) is 4.54. The zero-order chi connectivity index (χ0) is 14.8. The molecule has 0 amide bonds. The van der Waals surface area contributed by atoms with E-state index in [1.807, 2.05) is 0 Å². The van der Waals surface area contributed by atoms with Gasteiger partial charge in [0, 0.05) is 16.8 Å². The number of hydrogen-bond acceptors (Lipinski definition) is 5. The van der Waals surface area contributed by atoms with Crippen LogP contribution in [0.25, 0.3) is 0 Å². The van der Waals surface area contributed by atoms with E-state index in [0.717, 1.165) is 0 Å². The zero-order valence-electron chi connectivity index (χ0n) is 10.5. The van der Waals surface area contributed by atoms with Crippen molar-refractivity contribution in [3.8, 4) is 0 Å². The molecule has 0 saturated carbocycles. The van der Waals surface area contributed by atoms with Crippen LogP contribution in [0.1, 0.15) is 0 Å². The smallest absolute Gasteiger partial charge is 0.240 e. The third-order valence-corrected chi connectivity index (χ3v) is 5.43. The second kappa shape index (κ2) is 6.01. The number of sulfonamides is 1. The Bertz CT molecular complexity index is 735. The van der Waals surface area contributed by atoms with E-state index < -0.39 is 10.0 Å². The molecule has 0 radical (unpaired) electrons. The van der Waals surface area contributed by atoms with Gasteiger partial charge in [0.25, 0.3) is 0 Å². The minimum Gasteiger partial charge on any atom is -0.398 e. The van der Waals surface area contributed by atoms with Gasteiger partial charge < -0.3 is 5.73 Å². The van der Waals surface area contributed by atoms with Crippen molar-refractivity contribution in [3.05, 3.63) is 41.6 Å². The lowest BCUT2D eigenvalue weighted by molar-refractivity contribution is 0.588. The standard InChI is InChI=1S/C12H12ClN3O2S2/c1-15-20(17,18)8-4-5-11(10(14)7-8)19-12-9(13)3-2-6-16-12/h2-7,15H,14H2,1H3. The molecular formula is C12H12ClN3O2S2. The van der Waals surface area contributed by atoms with Gasteiger partial charge in [-0.1, -0.05) is 23.4 Å². The summed E-state index contributed by atoms with van der Waals surface area (Å²) in [7, 11) is -2.15. The fourth-order valence-corrected chi connectivity index (χ4v) is 3.26. The first-order valence-electron chi connectivity index (χ1n) is 5.55. The maximum atomic E-state index is 11.7. The van der Waals surface area contributed by atoms with Crippen LogP contribution in [-0.4, -0.2) is 20.4 Å². The molecule has 0 aliphatic rings. The van der Waals surface area contributed by atoms with E-state index in [1.165, 1.54) is 30.9 Å². The number of nitrogens with two attached hydrogens (primary N) is 1. The van der Waals surface area contributed by atoms with Gasteiger partial charge in [-0.15, -0.1) is 0 Å². The Labute approximate surface area is 126 Å². The number of nitrogen functional groups attached to an aromatic ring is 1. The molecule has 1 aromatic carbocycles. The molecule has 5 nitrogen and oxygen atoms in total. The Morgan fingerprint density at radius 3 is 2.70 bits per heavy atom. The summed E-state index contributed by atoms with van der Waals surface area (Å²) in [5.74, 6) is 0. The fourth-order valence-electron chi connectivity index (χ4n) is 1.45. The second-order valence-electron chi connectivity index (χ2n) is 3.80. The highest BCUT2D eigenvalue weighted by molar-refractivity contribution is 7.99. The summed E-state index contributed by atoms with van der Waals surface area (Å²) in [5, 5.41) is 1.13. The number of nitrogens with one attached hydrogen (secondary N) is 1. The summed E-state index contributed by atoms with van der Waals surface area (Å²) in [6.07, 6.45) is 1.63. The van der Waals surface area contributed by atoms with Crippen LogP contribution < -0.4 is 10.5 Å². The fraction of sp³-hybridized carbons (Fsp3) is 0.0833. The van der Waals surface area contributed by atoms with Crippen LogP contribution in [0.2, 0.25) is 5.02 Å². The van der Waals surface area contributed by atoms with Crippen molar-refractivity contribution in [2.24, 2.45) is 0 Å². The van der Waals surface area contributed by atoms with Crippen molar-refractivity contribution in [2.75, 3.05) is 12.8 Å². The Balaban J connectivity index is 2.34. The minimum absolute atomic E-state index is 0.119. The number of aromatic nitrogens is 1. The Morgan fingerprint density at radius 2 is 2.10 bits per heavy atom. The van der Waals surface area contributed by atoms with E-state index in [-0.39, 0.29) is 4.90 Å². The molecular weight excluding hydrogens is 318 g/mol. The van der Waals surface area contributed by atoms with Crippen molar-refractivity contribution in [3.63, 3.8) is 0 Å². The summed E-state index contributed by atoms with van der Waals surface area (Å²) >= 11 is 7.31. The molecule has 0 spiro atoms. The summed E-state index contributed by atoms with van der Waals surface area (Å²) in [4.78, 5) is 4.96. The third-order valence-electron chi connectivity index (χ3n) is 2.49. The number of anilines is 1. The highest BCUT2D eigenvalue weighted by Gasteiger charge is 2.14. The molecule has 0 atom stereocenters. The molecule has 3 N–H and O–H groups in total. The van der Waals surface area contributed by atoms with E-state index in [2.05, 4.69) is 9.71 Å². The second-order valence-corrected chi connectivity index (χ2v) is 7.12. The van der Waals surface area contributed by atoms with Gasteiger partial charge >= 0.3 is 0 Å². The number of benzene rings is 1. The molecule has 0 bridgehead atoms. The van der Waals surface area contributed by atoms with E-state index >= 15 is 0 Å². The van der Waals surface area contributed by atoms with Crippen molar-refractivity contribution in [1.82, 2.24) is 9.71 Å². The lowest BCUT2D eigenvalue weighted by Crippen LogP contribution is -2.18. The topological polar surface area (TPSA) is 85.1 Å². The molecule has 8 heteroatoms. The van der Waals surface area contributed by atoms with Crippen molar-refractivity contribution >= 4 is 39.1 Å². The van der Waals surface area contributed by atoms with Gasteiger partial charge in [0.15, 0.2) is 0 Å². The average molecular weight is 330 g/mol. The van der Waals surface area contributed by atoms with Gasteiger partial charge in [0.05, 0.1) is 9.92 Å². The maximum Gasteiger partial charge on any atom is 0.240 e. The number of halogens is 1. The van der Waals surface area contributed by atoms with Crippen LogP contribution in [0.15, 0.2) is 51.3 Å². The monoisotopic (exact) mass is 329 g/mol. The van der Waals surface area contributed by atoms with Crippen molar-refractivity contribution in [1.29, 1.82) is 0 Å². The van der Waals surface area contributed by atoms with Gasteiger partial charge in [-0.05, 0) is 37.4 Å². The van der Waals surface area contributed by atoms with Crippen LogP contribution in [0.5, 0.6) is 0 Å². The molecule has 106 valence electrons. The summed E-state index contributed by atoms with van der Waals surface area (Å²) in [6.45, 7) is 0. The van der Waals surface area contributed by atoms with Gasteiger partial charge in [-0.25, -0.2) is 18.1 Å². The Morgan fingerprint density at radius 1 is 1.35 bits per heavy atom. The molecule has 20 heavy (non-hydrogen) atoms. The van der Waals surface area contributed by atoms with Gasteiger partial charge in [-0.2, -0.15) is 0 Å². The molecule has 0 aliphatic carbocycles. The molecule has 1 aromatic heterocycles. The number of rotatable bonds is 4. The zero-order valence-corrected chi connectivity index (χ0v) is 12.9. The third kappa shape index (κ3) is 3.24. The van der Waals surface area contributed by atoms with E-state index in [1.54, 1.807) is 24.4 Å². The predicted molar refractivity (Wildman–Crippen MR) is 80.5 cm³/mol. The highest BCUT2D eigenvalue weighted by atomic mass is 35.5. The highest BCUT2D eigenvalue weighted by Crippen LogP contribution is 2.35. The molecule has 1 heterocycles.